The van der Waals surface area contributed by atoms with Crippen LogP contribution in [-0.2, 0) is 6.42 Å². The quantitative estimate of drug-likeness (QED) is 0.524. The molecule has 0 spiro atoms. The van der Waals surface area contributed by atoms with Crippen LogP contribution in [0.1, 0.15) is 57.9 Å². The first-order valence-electron chi connectivity index (χ1n) is 6.87. The summed E-state index contributed by atoms with van der Waals surface area (Å²) in [6, 6.07) is 10.8. The third kappa shape index (κ3) is 5.95. The van der Waals surface area contributed by atoms with Crippen molar-refractivity contribution < 1.29 is 0 Å². The minimum Gasteiger partial charge on any atom is -0.0654 e. The van der Waals surface area contributed by atoms with Gasteiger partial charge >= 0.3 is 0 Å². The van der Waals surface area contributed by atoms with E-state index in [2.05, 4.69) is 44.2 Å². The summed E-state index contributed by atoms with van der Waals surface area (Å²) in [5.41, 5.74) is 1.49. The molecule has 0 aliphatic carbocycles. The molecule has 0 unspecified atom stereocenters. The van der Waals surface area contributed by atoms with E-state index in [1.165, 1.54) is 50.5 Å². The Balaban J connectivity index is 2.03. The zero-order chi connectivity index (χ0) is 11.6. The predicted octanol–water partition coefficient (Wildman–Crippen LogP) is 5.23. The standard InChI is InChI=1S/C16H26/c1-3-4-10-15(2)11-8-9-14-16-12-6-5-7-13-16/h5-7,12-13,15H,3-4,8-11,14H2,1-2H3/t15-/m1/s1. The summed E-state index contributed by atoms with van der Waals surface area (Å²) in [6.45, 7) is 4.68. The lowest BCUT2D eigenvalue weighted by atomic mass is 9.96. The molecule has 0 saturated heterocycles. The van der Waals surface area contributed by atoms with Gasteiger partial charge in [-0.2, -0.15) is 0 Å². The van der Waals surface area contributed by atoms with Crippen LogP contribution in [0, 0.1) is 5.92 Å². The van der Waals surface area contributed by atoms with E-state index >= 15 is 0 Å². The SMILES string of the molecule is CCCC[C@@H](C)CCCCc1ccccc1. The molecule has 0 heteroatoms. The molecule has 0 aliphatic heterocycles. The number of aryl methyl sites for hydroxylation is 1. The second kappa shape index (κ2) is 8.38. The molecular weight excluding hydrogens is 192 g/mol. The third-order valence-corrected chi connectivity index (χ3v) is 3.31. The van der Waals surface area contributed by atoms with E-state index < -0.39 is 0 Å². The Bertz CT molecular complexity index is 250. The van der Waals surface area contributed by atoms with E-state index in [0.29, 0.717) is 0 Å². The molecule has 16 heavy (non-hydrogen) atoms. The smallest absolute Gasteiger partial charge is 0.0279 e. The Morgan fingerprint density at radius 1 is 0.938 bits per heavy atom. The fourth-order valence-corrected chi connectivity index (χ4v) is 2.16. The average Bonchev–Trinajstić information content (AvgIpc) is 2.33. The molecule has 1 aromatic rings. The first-order chi connectivity index (χ1) is 7.83. The lowest BCUT2D eigenvalue weighted by molar-refractivity contribution is 0.449. The molecule has 1 atom stereocenters. The van der Waals surface area contributed by atoms with Crippen molar-refractivity contribution in [2.24, 2.45) is 5.92 Å². The zero-order valence-electron chi connectivity index (χ0n) is 10.9. The van der Waals surface area contributed by atoms with E-state index in [-0.39, 0.29) is 0 Å². The lowest BCUT2D eigenvalue weighted by Crippen LogP contribution is -1.95. The topological polar surface area (TPSA) is 0 Å². The summed E-state index contributed by atoms with van der Waals surface area (Å²) in [5.74, 6) is 0.927. The maximum absolute atomic E-state index is 2.40. The van der Waals surface area contributed by atoms with Crippen molar-refractivity contribution >= 4 is 0 Å². The molecular formula is C16H26. The number of unbranched alkanes of at least 4 members (excludes halogenated alkanes) is 2. The molecule has 0 nitrogen and oxygen atoms in total. The molecule has 1 rings (SSSR count). The second-order valence-electron chi connectivity index (χ2n) is 4.98. The van der Waals surface area contributed by atoms with E-state index in [1.807, 2.05) is 0 Å². The molecule has 0 amide bonds. The van der Waals surface area contributed by atoms with E-state index in [0.717, 1.165) is 5.92 Å². The van der Waals surface area contributed by atoms with Crippen LogP contribution in [0.2, 0.25) is 0 Å². The van der Waals surface area contributed by atoms with Gasteiger partial charge in [-0.3, -0.25) is 0 Å². The van der Waals surface area contributed by atoms with Crippen molar-refractivity contribution in [3.63, 3.8) is 0 Å². The highest BCUT2D eigenvalue weighted by Gasteiger charge is 2.01. The van der Waals surface area contributed by atoms with Gasteiger partial charge in [0, 0.05) is 0 Å². The summed E-state index contributed by atoms with van der Waals surface area (Å²) in [7, 11) is 0. The minimum atomic E-state index is 0.927. The molecule has 0 heterocycles. The first-order valence-corrected chi connectivity index (χ1v) is 6.87. The fraction of sp³-hybridized carbons (Fsp3) is 0.625. The second-order valence-corrected chi connectivity index (χ2v) is 4.98. The molecule has 0 radical (unpaired) electrons. The third-order valence-electron chi connectivity index (χ3n) is 3.31. The Labute approximate surface area is 101 Å². The van der Waals surface area contributed by atoms with Crippen molar-refractivity contribution in [3.8, 4) is 0 Å². The molecule has 0 saturated carbocycles. The van der Waals surface area contributed by atoms with Crippen molar-refractivity contribution in [1.82, 2.24) is 0 Å². The molecule has 0 fully saturated rings. The van der Waals surface area contributed by atoms with Gasteiger partial charge < -0.3 is 0 Å². The number of rotatable bonds is 8. The van der Waals surface area contributed by atoms with Crippen LogP contribution in [0.15, 0.2) is 30.3 Å². The van der Waals surface area contributed by atoms with Gasteiger partial charge in [0.1, 0.15) is 0 Å². The highest BCUT2D eigenvalue weighted by atomic mass is 14.1. The number of benzene rings is 1. The first kappa shape index (κ1) is 13.3. The Hall–Kier alpha value is -0.780. The molecule has 1 aromatic carbocycles. The van der Waals surface area contributed by atoms with Gasteiger partial charge in [-0.25, -0.2) is 0 Å². The molecule has 0 N–H and O–H groups in total. The minimum absolute atomic E-state index is 0.927. The highest BCUT2D eigenvalue weighted by molar-refractivity contribution is 5.14. The van der Waals surface area contributed by atoms with Gasteiger partial charge in [0.25, 0.3) is 0 Å². The van der Waals surface area contributed by atoms with Crippen LogP contribution in [0.3, 0.4) is 0 Å². The van der Waals surface area contributed by atoms with Gasteiger partial charge in [-0.1, -0.05) is 76.3 Å². The van der Waals surface area contributed by atoms with Crippen molar-refractivity contribution in [2.45, 2.75) is 58.8 Å². The van der Waals surface area contributed by atoms with Gasteiger partial charge in [0.2, 0.25) is 0 Å². The van der Waals surface area contributed by atoms with Crippen LogP contribution in [0.5, 0.6) is 0 Å². The van der Waals surface area contributed by atoms with Gasteiger partial charge in [0.05, 0.1) is 0 Å². The van der Waals surface area contributed by atoms with Crippen molar-refractivity contribution in [1.29, 1.82) is 0 Å². The largest absolute Gasteiger partial charge is 0.0654 e. The maximum atomic E-state index is 2.40. The van der Waals surface area contributed by atoms with Gasteiger partial charge in [-0.15, -0.1) is 0 Å². The Kier molecular flexibility index (Phi) is 6.96. The summed E-state index contributed by atoms with van der Waals surface area (Å²) in [6.07, 6.45) is 9.56. The van der Waals surface area contributed by atoms with Gasteiger partial charge in [0.15, 0.2) is 0 Å². The van der Waals surface area contributed by atoms with Crippen LogP contribution in [-0.4, -0.2) is 0 Å². The number of hydrogen-bond donors (Lipinski definition) is 0. The summed E-state index contributed by atoms with van der Waals surface area (Å²) in [4.78, 5) is 0. The lowest BCUT2D eigenvalue weighted by Gasteiger charge is -2.10. The van der Waals surface area contributed by atoms with E-state index in [9.17, 15) is 0 Å². The molecule has 0 aliphatic rings. The monoisotopic (exact) mass is 218 g/mol. The van der Waals surface area contributed by atoms with Gasteiger partial charge in [-0.05, 0) is 24.3 Å². The van der Waals surface area contributed by atoms with Crippen molar-refractivity contribution in [3.05, 3.63) is 35.9 Å². The number of hydrogen-bond acceptors (Lipinski definition) is 0. The van der Waals surface area contributed by atoms with Crippen LogP contribution >= 0.6 is 0 Å². The maximum Gasteiger partial charge on any atom is -0.0279 e. The normalized spacial score (nSPS) is 12.6. The van der Waals surface area contributed by atoms with Crippen molar-refractivity contribution in [2.75, 3.05) is 0 Å². The summed E-state index contributed by atoms with van der Waals surface area (Å²) < 4.78 is 0. The van der Waals surface area contributed by atoms with Crippen LogP contribution in [0.4, 0.5) is 0 Å². The Morgan fingerprint density at radius 2 is 1.62 bits per heavy atom. The average molecular weight is 218 g/mol. The fourth-order valence-electron chi connectivity index (χ4n) is 2.16. The van der Waals surface area contributed by atoms with Crippen LogP contribution < -0.4 is 0 Å². The molecule has 0 bridgehead atoms. The van der Waals surface area contributed by atoms with E-state index in [1.54, 1.807) is 0 Å². The zero-order valence-corrected chi connectivity index (χ0v) is 10.9. The Morgan fingerprint density at radius 3 is 2.31 bits per heavy atom. The summed E-state index contributed by atoms with van der Waals surface area (Å²) in [5, 5.41) is 0. The van der Waals surface area contributed by atoms with Crippen LogP contribution in [0.25, 0.3) is 0 Å². The molecule has 90 valence electrons. The van der Waals surface area contributed by atoms with E-state index in [4.69, 9.17) is 0 Å². The summed E-state index contributed by atoms with van der Waals surface area (Å²) >= 11 is 0. The molecule has 0 aromatic heterocycles. The highest BCUT2D eigenvalue weighted by Crippen LogP contribution is 2.16. The predicted molar refractivity (Wildman–Crippen MR) is 72.7 cm³/mol.